The lowest BCUT2D eigenvalue weighted by atomic mass is 10.3. The van der Waals surface area contributed by atoms with Crippen LogP contribution in [0.3, 0.4) is 0 Å². The highest BCUT2D eigenvalue weighted by atomic mass is 31.2. The average molecular weight is 347 g/mol. The number of rotatable bonds is 6. The first kappa shape index (κ1) is 16.6. The number of esters is 1. The molecule has 1 heterocycles. The van der Waals surface area contributed by atoms with Crippen LogP contribution in [0.5, 0.6) is 11.5 Å². The Kier molecular flexibility index (Phi) is 4.88. The molecular formula is C17H18NO5P. The molecule has 1 aliphatic rings. The van der Waals surface area contributed by atoms with Crippen LogP contribution >= 0.6 is 7.60 Å². The first-order chi connectivity index (χ1) is 11.5. The topological polar surface area (TPSA) is 65.1 Å². The molecule has 1 aliphatic heterocycles. The van der Waals surface area contributed by atoms with Gasteiger partial charge in [-0.1, -0.05) is 36.4 Å². The van der Waals surface area contributed by atoms with Gasteiger partial charge in [0.25, 0.3) is 0 Å². The third-order valence-electron chi connectivity index (χ3n) is 3.48. The molecule has 1 unspecified atom stereocenters. The highest BCUT2D eigenvalue weighted by molar-refractivity contribution is 7.54. The van der Waals surface area contributed by atoms with Crippen molar-refractivity contribution < 1.29 is 23.1 Å². The number of para-hydroxylation sites is 2. The summed E-state index contributed by atoms with van der Waals surface area (Å²) in [5.74, 6) is 0.528. The van der Waals surface area contributed by atoms with Crippen LogP contribution in [-0.4, -0.2) is 29.9 Å². The van der Waals surface area contributed by atoms with Crippen molar-refractivity contribution in [2.24, 2.45) is 0 Å². The normalized spacial score (nSPS) is 18.2. The van der Waals surface area contributed by atoms with Crippen molar-refractivity contribution in [3.05, 3.63) is 60.7 Å². The number of hydrogen-bond donors (Lipinski definition) is 0. The molecule has 2 aromatic carbocycles. The summed E-state index contributed by atoms with van der Waals surface area (Å²) in [6.07, 6.45) is -0.520. The zero-order valence-corrected chi connectivity index (χ0v) is 14.1. The third-order valence-corrected chi connectivity index (χ3v) is 5.17. The van der Waals surface area contributed by atoms with Crippen molar-refractivity contribution in [3.8, 4) is 11.5 Å². The van der Waals surface area contributed by atoms with Gasteiger partial charge in [0.15, 0.2) is 6.23 Å². The second-order valence-corrected chi connectivity index (χ2v) is 7.27. The van der Waals surface area contributed by atoms with E-state index in [0.717, 1.165) is 0 Å². The minimum Gasteiger partial charge on any atom is -0.446 e. The average Bonchev–Trinajstić information content (AvgIpc) is 2.86. The summed E-state index contributed by atoms with van der Waals surface area (Å²) in [6.45, 7) is 1.78. The maximum Gasteiger partial charge on any atom is 0.444 e. The van der Waals surface area contributed by atoms with Crippen LogP contribution in [0.1, 0.15) is 6.92 Å². The lowest BCUT2D eigenvalue weighted by Crippen LogP contribution is -2.30. The van der Waals surface area contributed by atoms with Gasteiger partial charge in [-0.2, -0.15) is 0 Å². The smallest absolute Gasteiger partial charge is 0.444 e. The zero-order valence-electron chi connectivity index (χ0n) is 13.2. The SMILES string of the molecule is CC1OC(=O)CN1CP(=O)(Oc1ccccc1)Oc1ccccc1. The molecule has 1 saturated heterocycles. The Morgan fingerprint density at radius 2 is 1.54 bits per heavy atom. The second-order valence-electron chi connectivity index (χ2n) is 5.40. The number of ether oxygens (including phenoxy) is 1. The maximum atomic E-state index is 13.3. The minimum absolute atomic E-state index is 0.0519. The first-order valence-electron chi connectivity index (χ1n) is 7.56. The Morgan fingerprint density at radius 3 is 1.96 bits per heavy atom. The molecule has 7 heteroatoms. The summed E-state index contributed by atoms with van der Waals surface area (Å²) in [4.78, 5) is 13.1. The molecule has 0 radical (unpaired) electrons. The Morgan fingerprint density at radius 1 is 1.04 bits per heavy atom. The molecule has 0 amide bonds. The third kappa shape index (κ3) is 4.16. The number of nitrogens with zero attached hydrogens (tertiary/aromatic N) is 1. The fourth-order valence-electron chi connectivity index (χ4n) is 2.34. The van der Waals surface area contributed by atoms with Gasteiger partial charge in [-0.15, -0.1) is 0 Å². The second kappa shape index (κ2) is 7.07. The molecule has 0 spiro atoms. The molecule has 6 nitrogen and oxygen atoms in total. The Bertz CT molecular complexity index is 692. The van der Waals surface area contributed by atoms with E-state index < -0.39 is 13.8 Å². The molecule has 0 bridgehead atoms. The molecule has 0 aliphatic carbocycles. The van der Waals surface area contributed by atoms with Crippen molar-refractivity contribution in [1.82, 2.24) is 4.90 Å². The lowest BCUT2D eigenvalue weighted by molar-refractivity contribution is -0.140. The van der Waals surface area contributed by atoms with Crippen molar-refractivity contribution >= 4 is 13.6 Å². The fourth-order valence-corrected chi connectivity index (χ4v) is 4.16. The van der Waals surface area contributed by atoms with Crippen LogP contribution in [0.15, 0.2) is 60.7 Å². The Balaban J connectivity index is 1.82. The molecule has 24 heavy (non-hydrogen) atoms. The molecule has 3 rings (SSSR count). The van der Waals surface area contributed by atoms with Crippen molar-refractivity contribution in [3.63, 3.8) is 0 Å². The molecule has 0 aromatic heterocycles. The van der Waals surface area contributed by atoms with Crippen molar-refractivity contribution in [2.45, 2.75) is 13.2 Å². The molecule has 0 N–H and O–H groups in total. The van der Waals surface area contributed by atoms with Gasteiger partial charge >= 0.3 is 13.6 Å². The van der Waals surface area contributed by atoms with E-state index in [4.69, 9.17) is 13.8 Å². The van der Waals surface area contributed by atoms with Gasteiger partial charge in [-0.3, -0.25) is 4.79 Å². The quantitative estimate of drug-likeness (QED) is 0.589. The van der Waals surface area contributed by atoms with Crippen LogP contribution in [0.4, 0.5) is 0 Å². The lowest BCUT2D eigenvalue weighted by Gasteiger charge is -2.25. The fraction of sp³-hybridized carbons (Fsp3) is 0.235. The zero-order chi connectivity index (χ0) is 17.0. The standard InChI is InChI=1S/C17H18NO5P/c1-14-18(12-17(19)21-14)13-24(20,22-15-8-4-2-5-9-15)23-16-10-6-3-7-11-16/h2-11,14H,12-13H2,1H3. The van der Waals surface area contributed by atoms with Crippen molar-refractivity contribution in [1.29, 1.82) is 0 Å². The number of carbonyl (C=O) groups is 1. The van der Waals surface area contributed by atoms with E-state index in [-0.39, 0.29) is 18.8 Å². The molecular weight excluding hydrogens is 329 g/mol. The van der Waals surface area contributed by atoms with E-state index in [2.05, 4.69) is 0 Å². The number of carbonyl (C=O) groups excluding carboxylic acids is 1. The number of cyclic esters (lactones) is 1. The van der Waals surface area contributed by atoms with Gasteiger partial charge < -0.3 is 13.8 Å². The number of hydrogen-bond acceptors (Lipinski definition) is 6. The van der Waals surface area contributed by atoms with Gasteiger partial charge in [-0.25, -0.2) is 9.46 Å². The van der Waals surface area contributed by atoms with Crippen LogP contribution < -0.4 is 9.05 Å². The van der Waals surface area contributed by atoms with Gasteiger partial charge in [0, 0.05) is 0 Å². The van der Waals surface area contributed by atoms with E-state index >= 15 is 0 Å². The summed E-state index contributed by atoms with van der Waals surface area (Å²) in [7, 11) is -3.58. The summed E-state index contributed by atoms with van der Waals surface area (Å²) < 4.78 is 29.7. The van der Waals surface area contributed by atoms with Crippen LogP contribution in [0.2, 0.25) is 0 Å². The predicted molar refractivity (Wildman–Crippen MR) is 88.9 cm³/mol. The van der Waals surface area contributed by atoms with Crippen molar-refractivity contribution in [2.75, 3.05) is 12.8 Å². The summed E-state index contributed by atoms with van der Waals surface area (Å²) >= 11 is 0. The largest absolute Gasteiger partial charge is 0.446 e. The maximum absolute atomic E-state index is 13.3. The first-order valence-corrected chi connectivity index (χ1v) is 9.29. The van der Waals surface area contributed by atoms with Gasteiger partial charge in [-0.05, 0) is 31.2 Å². The molecule has 1 atom stereocenters. The summed E-state index contributed by atoms with van der Waals surface area (Å²) in [6, 6.07) is 17.6. The summed E-state index contributed by atoms with van der Waals surface area (Å²) in [5.41, 5.74) is 0. The van der Waals surface area contributed by atoms with E-state index in [1.165, 1.54) is 0 Å². The van der Waals surface area contributed by atoms with Crippen LogP contribution in [0.25, 0.3) is 0 Å². The molecule has 0 saturated carbocycles. The van der Waals surface area contributed by atoms with Gasteiger partial charge in [0.1, 0.15) is 24.3 Å². The predicted octanol–water partition coefficient (Wildman–Crippen LogP) is 3.50. The van der Waals surface area contributed by atoms with Crippen LogP contribution in [-0.2, 0) is 14.1 Å². The van der Waals surface area contributed by atoms with E-state index in [9.17, 15) is 9.36 Å². The van der Waals surface area contributed by atoms with Crippen LogP contribution in [0, 0.1) is 0 Å². The van der Waals surface area contributed by atoms with E-state index in [1.54, 1.807) is 60.4 Å². The van der Waals surface area contributed by atoms with Gasteiger partial charge in [0.2, 0.25) is 0 Å². The molecule has 126 valence electrons. The molecule has 1 fully saturated rings. The highest BCUT2D eigenvalue weighted by Gasteiger charge is 2.38. The monoisotopic (exact) mass is 347 g/mol. The van der Waals surface area contributed by atoms with E-state index in [1.807, 2.05) is 12.1 Å². The summed E-state index contributed by atoms with van der Waals surface area (Å²) in [5, 5.41) is 0. The minimum atomic E-state index is -3.58. The Labute approximate surface area is 140 Å². The van der Waals surface area contributed by atoms with E-state index in [0.29, 0.717) is 11.5 Å². The molecule has 2 aromatic rings. The van der Waals surface area contributed by atoms with Gasteiger partial charge in [0.05, 0.1) is 0 Å². The number of benzene rings is 2. The highest BCUT2D eigenvalue weighted by Crippen LogP contribution is 2.49. The Hall–Kier alpha value is -2.30.